The minimum absolute atomic E-state index is 0.172. The maximum absolute atomic E-state index is 12.7. The number of carboxylic acids is 1. The number of alkyl halides is 3. The molecule has 0 aromatic heterocycles. The van der Waals surface area contributed by atoms with E-state index in [0.29, 0.717) is 17.7 Å². The van der Waals surface area contributed by atoms with Crippen molar-refractivity contribution in [3.05, 3.63) is 65.2 Å². The van der Waals surface area contributed by atoms with Crippen LogP contribution in [-0.2, 0) is 17.4 Å². The third-order valence-corrected chi connectivity index (χ3v) is 3.43. The van der Waals surface area contributed by atoms with Crippen LogP contribution in [0.2, 0.25) is 0 Å². The molecule has 8 heteroatoms. The maximum Gasteiger partial charge on any atom is 0.416 e. The van der Waals surface area contributed by atoms with E-state index in [-0.39, 0.29) is 12.2 Å². The molecule has 0 aliphatic heterocycles. The lowest BCUT2D eigenvalue weighted by molar-refractivity contribution is -0.138. The molecular weight excluding hydrogens is 351 g/mol. The summed E-state index contributed by atoms with van der Waals surface area (Å²) in [6.07, 6.45) is -4.08. The Labute approximate surface area is 147 Å². The number of ether oxygens (including phenoxy) is 1. The van der Waals surface area contributed by atoms with E-state index in [1.54, 1.807) is 6.07 Å². The molecule has 0 unspecified atom stereocenters. The molecule has 2 aromatic rings. The zero-order chi connectivity index (χ0) is 19.2. The molecule has 0 aliphatic rings. The van der Waals surface area contributed by atoms with Crippen LogP contribution < -0.4 is 10.1 Å². The molecule has 0 fully saturated rings. The molecule has 0 saturated carbocycles. The standard InChI is InChI=1S/C18H16F3NO4/c19-18(20,21)14-3-1-2-12(10-14)8-9-26-15-6-4-13(5-7-15)17(25)22-11-16(23)24/h1-7,10H,8-9,11H2,(H,22,25)(H,23,24). The third kappa shape index (κ3) is 5.80. The van der Waals surface area contributed by atoms with Gasteiger partial charge in [-0.1, -0.05) is 18.2 Å². The van der Waals surface area contributed by atoms with Gasteiger partial charge in [0.25, 0.3) is 5.91 Å². The monoisotopic (exact) mass is 367 g/mol. The van der Waals surface area contributed by atoms with Gasteiger partial charge in [0.2, 0.25) is 0 Å². The summed E-state index contributed by atoms with van der Waals surface area (Å²) >= 11 is 0. The van der Waals surface area contributed by atoms with Crippen LogP contribution in [0.1, 0.15) is 21.5 Å². The Morgan fingerprint density at radius 2 is 1.77 bits per heavy atom. The van der Waals surface area contributed by atoms with Crippen molar-refractivity contribution in [3.8, 4) is 5.75 Å². The molecule has 0 heterocycles. The van der Waals surface area contributed by atoms with Crippen LogP contribution in [0.25, 0.3) is 0 Å². The van der Waals surface area contributed by atoms with Crippen molar-refractivity contribution in [1.29, 1.82) is 0 Å². The van der Waals surface area contributed by atoms with E-state index >= 15 is 0 Å². The quantitative estimate of drug-likeness (QED) is 0.788. The van der Waals surface area contributed by atoms with Gasteiger partial charge in [-0.2, -0.15) is 13.2 Å². The molecule has 0 atom stereocenters. The molecule has 0 aliphatic carbocycles. The van der Waals surface area contributed by atoms with Crippen molar-refractivity contribution >= 4 is 11.9 Å². The fourth-order valence-electron chi connectivity index (χ4n) is 2.15. The number of carbonyl (C=O) groups excluding carboxylic acids is 1. The number of carbonyl (C=O) groups is 2. The molecular formula is C18H16F3NO4. The predicted octanol–water partition coefficient (Wildman–Crippen LogP) is 3.14. The molecule has 2 aromatic carbocycles. The van der Waals surface area contributed by atoms with E-state index in [1.165, 1.54) is 30.3 Å². The lowest BCUT2D eigenvalue weighted by atomic mass is 10.1. The van der Waals surface area contributed by atoms with Crippen molar-refractivity contribution in [3.63, 3.8) is 0 Å². The minimum atomic E-state index is -4.38. The Bertz CT molecular complexity index is 773. The SMILES string of the molecule is O=C(O)CNC(=O)c1ccc(OCCc2cccc(C(F)(F)F)c2)cc1. The van der Waals surface area contributed by atoms with E-state index in [1.807, 2.05) is 0 Å². The summed E-state index contributed by atoms with van der Waals surface area (Å²) in [4.78, 5) is 22.1. The predicted molar refractivity (Wildman–Crippen MR) is 87.1 cm³/mol. The molecule has 2 N–H and O–H groups in total. The van der Waals surface area contributed by atoms with Crippen molar-refractivity contribution < 1.29 is 32.6 Å². The van der Waals surface area contributed by atoms with Gasteiger partial charge < -0.3 is 15.2 Å². The van der Waals surface area contributed by atoms with Crippen molar-refractivity contribution in [2.24, 2.45) is 0 Å². The molecule has 2 rings (SSSR count). The third-order valence-electron chi connectivity index (χ3n) is 3.43. The molecule has 0 radical (unpaired) electrons. The van der Waals surface area contributed by atoms with Crippen LogP contribution >= 0.6 is 0 Å². The van der Waals surface area contributed by atoms with Crippen molar-refractivity contribution in [1.82, 2.24) is 5.32 Å². The second-order valence-electron chi connectivity index (χ2n) is 5.40. The molecule has 0 saturated heterocycles. The first-order chi connectivity index (χ1) is 12.3. The Morgan fingerprint density at radius 1 is 1.08 bits per heavy atom. The van der Waals surface area contributed by atoms with Gasteiger partial charge in [-0.3, -0.25) is 9.59 Å². The lowest BCUT2D eigenvalue weighted by Crippen LogP contribution is -2.29. The fourth-order valence-corrected chi connectivity index (χ4v) is 2.15. The largest absolute Gasteiger partial charge is 0.493 e. The van der Waals surface area contributed by atoms with Crippen molar-refractivity contribution in [2.45, 2.75) is 12.6 Å². The van der Waals surface area contributed by atoms with Crippen LogP contribution in [0.15, 0.2) is 48.5 Å². The second-order valence-corrected chi connectivity index (χ2v) is 5.40. The molecule has 0 bridgehead atoms. The van der Waals surface area contributed by atoms with Crippen LogP contribution in [0.4, 0.5) is 13.2 Å². The molecule has 1 amide bonds. The Morgan fingerprint density at radius 3 is 2.38 bits per heavy atom. The smallest absolute Gasteiger partial charge is 0.416 e. The highest BCUT2D eigenvalue weighted by Crippen LogP contribution is 2.29. The Balaban J connectivity index is 1.87. The first-order valence-corrected chi connectivity index (χ1v) is 7.64. The van der Waals surface area contributed by atoms with E-state index in [4.69, 9.17) is 9.84 Å². The van der Waals surface area contributed by atoms with Crippen molar-refractivity contribution in [2.75, 3.05) is 13.2 Å². The number of rotatable bonds is 7. The molecule has 138 valence electrons. The van der Waals surface area contributed by atoms with Crippen LogP contribution in [0.3, 0.4) is 0 Å². The first-order valence-electron chi connectivity index (χ1n) is 7.64. The van der Waals surface area contributed by atoms with Gasteiger partial charge in [0.1, 0.15) is 12.3 Å². The van der Waals surface area contributed by atoms with Gasteiger partial charge >= 0.3 is 12.1 Å². The molecule has 26 heavy (non-hydrogen) atoms. The zero-order valence-electron chi connectivity index (χ0n) is 13.5. The highest BCUT2D eigenvalue weighted by molar-refractivity contribution is 5.95. The topological polar surface area (TPSA) is 75.6 Å². The Hall–Kier alpha value is -3.03. The van der Waals surface area contributed by atoms with E-state index < -0.39 is 30.2 Å². The normalized spacial score (nSPS) is 11.0. The number of carboxylic acid groups (broad SMARTS) is 1. The van der Waals surface area contributed by atoms with E-state index in [9.17, 15) is 22.8 Å². The van der Waals surface area contributed by atoms with Crippen LogP contribution in [-0.4, -0.2) is 30.1 Å². The number of nitrogens with one attached hydrogen (secondary N) is 1. The van der Waals surface area contributed by atoms with Crippen LogP contribution in [0, 0.1) is 0 Å². The summed E-state index contributed by atoms with van der Waals surface area (Å²) in [6.45, 7) is -0.306. The maximum atomic E-state index is 12.7. The highest BCUT2D eigenvalue weighted by Gasteiger charge is 2.30. The fraction of sp³-hybridized carbons (Fsp3) is 0.222. The minimum Gasteiger partial charge on any atom is -0.493 e. The van der Waals surface area contributed by atoms with Gasteiger partial charge in [-0.15, -0.1) is 0 Å². The van der Waals surface area contributed by atoms with Gasteiger partial charge in [-0.05, 0) is 35.9 Å². The second kappa shape index (κ2) is 8.37. The summed E-state index contributed by atoms with van der Waals surface area (Å²) < 4.78 is 43.4. The summed E-state index contributed by atoms with van der Waals surface area (Å²) in [6, 6.07) is 11.0. The van der Waals surface area contributed by atoms with Crippen LogP contribution in [0.5, 0.6) is 5.75 Å². The molecule has 0 spiro atoms. The number of aliphatic carboxylic acids is 1. The number of hydrogen-bond acceptors (Lipinski definition) is 3. The summed E-state index contributed by atoms with van der Waals surface area (Å²) in [7, 11) is 0. The zero-order valence-corrected chi connectivity index (χ0v) is 13.5. The molecule has 5 nitrogen and oxygen atoms in total. The van der Waals surface area contributed by atoms with Gasteiger partial charge in [0, 0.05) is 12.0 Å². The summed E-state index contributed by atoms with van der Waals surface area (Å²) in [5.41, 5.74) is 0.0766. The Kier molecular flexibility index (Phi) is 6.21. The van der Waals surface area contributed by atoms with E-state index in [0.717, 1.165) is 12.1 Å². The van der Waals surface area contributed by atoms with E-state index in [2.05, 4.69) is 5.32 Å². The lowest BCUT2D eigenvalue weighted by Gasteiger charge is -2.10. The first kappa shape index (κ1) is 19.3. The highest BCUT2D eigenvalue weighted by atomic mass is 19.4. The average Bonchev–Trinajstić information content (AvgIpc) is 2.60. The number of halogens is 3. The summed E-state index contributed by atoms with van der Waals surface area (Å²) in [5, 5.41) is 10.7. The summed E-state index contributed by atoms with van der Waals surface area (Å²) in [5.74, 6) is -1.22. The van der Waals surface area contributed by atoms with Gasteiger partial charge in [0.15, 0.2) is 0 Å². The van der Waals surface area contributed by atoms with Gasteiger partial charge in [0.05, 0.1) is 12.2 Å². The number of amides is 1. The van der Waals surface area contributed by atoms with Gasteiger partial charge in [-0.25, -0.2) is 0 Å². The average molecular weight is 367 g/mol. The number of benzene rings is 2. The number of hydrogen-bond donors (Lipinski definition) is 2.